The molecular formula is C27H35NO3. The van der Waals surface area contributed by atoms with Crippen LogP contribution in [0.1, 0.15) is 63.9 Å². The highest BCUT2D eigenvalue weighted by molar-refractivity contribution is 5.85. The van der Waals surface area contributed by atoms with Gasteiger partial charge in [0.1, 0.15) is 23.4 Å². The van der Waals surface area contributed by atoms with E-state index in [2.05, 4.69) is 29.2 Å². The number of carbonyl (C=O) groups excluding carboxylic acids is 1. The number of benzene rings is 2. The molecule has 1 heterocycles. The summed E-state index contributed by atoms with van der Waals surface area (Å²) in [7, 11) is 0. The van der Waals surface area contributed by atoms with E-state index < -0.39 is 0 Å². The number of ether oxygens (including phenoxy) is 2. The van der Waals surface area contributed by atoms with Crippen molar-refractivity contribution >= 4 is 11.5 Å². The third-order valence-corrected chi connectivity index (χ3v) is 6.72. The molecule has 31 heavy (non-hydrogen) atoms. The summed E-state index contributed by atoms with van der Waals surface area (Å²) in [5.41, 5.74) is 2.29. The largest absolute Gasteiger partial charge is 0.493 e. The van der Waals surface area contributed by atoms with Gasteiger partial charge in [-0.1, -0.05) is 32.4 Å². The first-order valence-corrected chi connectivity index (χ1v) is 11.9. The van der Waals surface area contributed by atoms with Crippen LogP contribution in [0.15, 0.2) is 48.5 Å². The molecule has 4 heteroatoms. The van der Waals surface area contributed by atoms with Crippen LogP contribution in [0.2, 0.25) is 0 Å². The van der Waals surface area contributed by atoms with Crippen molar-refractivity contribution in [1.29, 1.82) is 0 Å². The lowest BCUT2D eigenvalue weighted by Crippen LogP contribution is -2.24. The summed E-state index contributed by atoms with van der Waals surface area (Å²) in [6.07, 6.45) is 6.71. The highest BCUT2D eigenvalue weighted by Gasteiger charge is 2.25. The summed E-state index contributed by atoms with van der Waals surface area (Å²) in [6, 6.07) is 16.5. The second-order valence-corrected chi connectivity index (χ2v) is 9.08. The molecule has 0 N–H and O–H groups in total. The number of nitrogens with zero attached hydrogens (tertiary/aromatic N) is 1. The average molecular weight is 422 g/mol. The number of anilines is 1. The van der Waals surface area contributed by atoms with Crippen LogP contribution in [-0.2, 0) is 4.79 Å². The molecule has 1 aliphatic heterocycles. The summed E-state index contributed by atoms with van der Waals surface area (Å²) < 4.78 is 12.1. The van der Waals surface area contributed by atoms with Gasteiger partial charge in [-0.3, -0.25) is 4.79 Å². The first kappa shape index (κ1) is 21.7. The van der Waals surface area contributed by atoms with Crippen LogP contribution in [0.5, 0.6) is 11.5 Å². The molecule has 4 nitrogen and oxygen atoms in total. The third kappa shape index (κ3) is 5.61. The average Bonchev–Trinajstić information content (AvgIpc) is 3.22. The van der Waals surface area contributed by atoms with Crippen LogP contribution in [0.4, 0.5) is 5.69 Å². The maximum atomic E-state index is 12.1. The fourth-order valence-electron chi connectivity index (χ4n) is 4.36. The molecule has 2 aromatic rings. The number of carbonyl (C=O) groups is 1. The van der Waals surface area contributed by atoms with Gasteiger partial charge in [-0.25, -0.2) is 0 Å². The fourth-order valence-corrected chi connectivity index (χ4v) is 4.36. The quantitative estimate of drug-likeness (QED) is 0.472. The Labute approximate surface area is 186 Å². The summed E-state index contributed by atoms with van der Waals surface area (Å²) >= 11 is 0. The number of ketones is 1. The Morgan fingerprint density at radius 3 is 2.39 bits per heavy atom. The minimum atomic E-state index is -0.0448. The van der Waals surface area contributed by atoms with Crippen molar-refractivity contribution in [1.82, 2.24) is 0 Å². The van der Waals surface area contributed by atoms with Gasteiger partial charge < -0.3 is 14.4 Å². The molecule has 2 aliphatic rings. The second kappa shape index (κ2) is 10.2. The Morgan fingerprint density at radius 2 is 1.74 bits per heavy atom. The Balaban J connectivity index is 1.26. The summed E-state index contributed by atoms with van der Waals surface area (Å²) in [5, 5.41) is 0. The molecule has 0 aromatic heterocycles. The molecule has 1 saturated heterocycles. The predicted molar refractivity (Wildman–Crippen MR) is 125 cm³/mol. The molecule has 0 spiro atoms. The van der Waals surface area contributed by atoms with E-state index in [9.17, 15) is 4.79 Å². The molecule has 1 aliphatic carbocycles. The fraction of sp³-hybridized carbons (Fsp3) is 0.519. The van der Waals surface area contributed by atoms with Crippen LogP contribution in [0.3, 0.4) is 0 Å². The molecule has 2 fully saturated rings. The van der Waals surface area contributed by atoms with E-state index in [-0.39, 0.29) is 12.0 Å². The summed E-state index contributed by atoms with van der Waals surface area (Å²) in [6.45, 7) is 6.77. The van der Waals surface area contributed by atoms with Gasteiger partial charge in [-0.2, -0.15) is 0 Å². The Kier molecular flexibility index (Phi) is 7.16. The minimum Gasteiger partial charge on any atom is -0.493 e. The van der Waals surface area contributed by atoms with Crippen molar-refractivity contribution in [3.05, 3.63) is 54.1 Å². The molecular weight excluding hydrogens is 386 g/mol. The molecule has 166 valence electrons. The minimum absolute atomic E-state index is 0.0448. The molecule has 1 saturated carbocycles. The van der Waals surface area contributed by atoms with Crippen molar-refractivity contribution in [2.45, 2.75) is 64.4 Å². The van der Waals surface area contributed by atoms with E-state index in [0.717, 1.165) is 55.5 Å². The van der Waals surface area contributed by atoms with Crippen LogP contribution in [0.25, 0.3) is 0 Å². The third-order valence-electron chi connectivity index (χ3n) is 6.72. The van der Waals surface area contributed by atoms with Gasteiger partial charge in [0.25, 0.3) is 0 Å². The van der Waals surface area contributed by atoms with Gasteiger partial charge in [0, 0.05) is 31.0 Å². The van der Waals surface area contributed by atoms with E-state index in [1.165, 1.54) is 24.9 Å². The lowest BCUT2D eigenvalue weighted by Gasteiger charge is -2.25. The van der Waals surface area contributed by atoms with Gasteiger partial charge in [0.15, 0.2) is 0 Å². The molecule has 2 aromatic carbocycles. The number of Topliss-reactive ketones (excluding diaryl/α,β-unsaturated/α-hetero) is 1. The van der Waals surface area contributed by atoms with Gasteiger partial charge in [0.2, 0.25) is 0 Å². The molecule has 0 radical (unpaired) electrons. The standard InChI is InChI=1S/C27H35NO3/c1-3-5-27(29)20(2)22-8-12-25(13-9-22)31-26-16-17-28(18-26)23-10-14-24(15-11-23)30-19-21-6-4-7-21/h8-15,20-21,26H,3-7,16-19H2,1-2H3/t20?,26-/m1/s1. The first-order chi connectivity index (χ1) is 15.1. The smallest absolute Gasteiger partial charge is 0.140 e. The van der Waals surface area contributed by atoms with Crippen LogP contribution >= 0.6 is 0 Å². The molecule has 0 bridgehead atoms. The lowest BCUT2D eigenvalue weighted by molar-refractivity contribution is -0.120. The SMILES string of the molecule is CCCC(=O)C(C)c1ccc(O[C@@H]2CCN(c3ccc(OCC4CCC4)cc3)C2)cc1. The number of hydrogen-bond acceptors (Lipinski definition) is 4. The molecule has 2 atom stereocenters. The van der Waals surface area contributed by atoms with Crippen LogP contribution in [0, 0.1) is 5.92 Å². The van der Waals surface area contributed by atoms with Crippen LogP contribution < -0.4 is 14.4 Å². The molecule has 1 unspecified atom stereocenters. The second-order valence-electron chi connectivity index (χ2n) is 9.08. The van der Waals surface area contributed by atoms with Crippen LogP contribution in [-0.4, -0.2) is 31.6 Å². The van der Waals surface area contributed by atoms with E-state index in [0.29, 0.717) is 12.2 Å². The maximum Gasteiger partial charge on any atom is 0.140 e. The van der Waals surface area contributed by atoms with Crippen molar-refractivity contribution in [3.8, 4) is 11.5 Å². The van der Waals surface area contributed by atoms with Crippen molar-refractivity contribution in [3.63, 3.8) is 0 Å². The Bertz CT molecular complexity index is 842. The Morgan fingerprint density at radius 1 is 1.03 bits per heavy atom. The molecule has 4 rings (SSSR count). The molecule has 0 amide bonds. The summed E-state index contributed by atoms with van der Waals surface area (Å²) in [4.78, 5) is 14.5. The van der Waals surface area contributed by atoms with Gasteiger partial charge in [-0.05, 0) is 67.1 Å². The van der Waals surface area contributed by atoms with E-state index in [1.807, 2.05) is 38.1 Å². The highest BCUT2D eigenvalue weighted by Crippen LogP contribution is 2.29. The normalized spacial score (nSPS) is 19.7. The first-order valence-electron chi connectivity index (χ1n) is 11.9. The highest BCUT2D eigenvalue weighted by atomic mass is 16.5. The maximum absolute atomic E-state index is 12.1. The zero-order valence-corrected chi connectivity index (χ0v) is 18.9. The van der Waals surface area contributed by atoms with Crippen molar-refractivity contribution < 1.29 is 14.3 Å². The zero-order valence-electron chi connectivity index (χ0n) is 18.9. The zero-order chi connectivity index (χ0) is 21.6. The van der Waals surface area contributed by atoms with E-state index >= 15 is 0 Å². The lowest BCUT2D eigenvalue weighted by atomic mass is 9.86. The predicted octanol–water partition coefficient (Wildman–Crippen LogP) is 6.00. The summed E-state index contributed by atoms with van der Waals surface area (Å²) in [5.74, 6) is 2.86. The van der Waals surface area contributed by atoms with E-state index in [4.69, 9.17) is 9.47 Å². The van der Waals surface area contributed by atoms with Crippen molar-refractivity contribution in [2.24, 2.45) is 5.92 Å². The van der Waals surface area contributed by atoms with E-state index in [1.54, 1.807) is 0 Å². The monoisotopic (exact) mass is 421 g/mol. The number of hydrogen-bond donors (Lipinski definition) is 0. The number of rotatable bonds is 10. The topological polar surface area (TPSA) is 38.8 Å². The van der Waals surface area contributed by atoms with Gasteiger partial charge >= 0.3 is 0 Å². The Hall–Kier alpha value is -2.49. The van der Waals surface area contributed by atoms with Crippen molar-refractivity contribution in [2.75, 3.05) is 24.6 Å². The van der Waals surface area contributed by atoms with Gasteiger partial charge in [0.05, 0.1) is 13.2 Å². The van der Waals surface area contributed by atoms with Gasteiger partial charge in [-0.15, -0.1) is 0 Å².